The molecule has 15 atom stereocenters. The number of unbranched alkanes of at least 4 members (excludes halogenated alkanes) is 1. The fourth-order valence-electron chi connectivity index (χ4n) is 5.74. The number of terminal acetylenes is 1. The maximum absolute atomic E-state index is 14.0. The molecule has 18 nitrogen and oxygen atoms in total. The molecule has 0 spiro atoms. The van der Waals surface area contributed by atoms with Crippen LogP contribution in [0.2, 0.25) is 0 Å². The van der Waals surface area contributed by atoms with Crippen LogP contribution in [0.1, 0.15) is 31.3 Å². The average molecular weight is 740 g/mol. The zero-order valence-electron chi connectivity index (χ0n) is 26.9. The lowest BCUT2D eigenvalue weighted by molar-refractivity contribution is -0.376. The van der Waals surface area contributed by atoms with E-state index in [2.05, 4.69) is 11.2 Å². The van der Waals surface area contributed by atoms with Crippen LogP contribution in [-0.2, 0) is 28.5 Å². The van der Waals surface area contributed by atoms with E-state index in [1.54, 1.807) is 0 Å². The molecule has 51 heavy (non-hydrogen) atoms. The number of aliphatic hydroxyl groups is 10. The first-order valence-electron chi connectivity index (χ1n) is 15.9. The number of amides is 1. The van der Waals surface area contributed by atoms with E-state index in [1.165, 1.54) is 6.07 Å². The number of hydrogen-bond donors (Lipinski definition) is 11. The molecule has 3 aliphatic rings. The van der Waals surface area contributed by atoms with Gasteiger partial charge < -0.3 is 84.8 Å². The Bertz CT molecular complexity index is 1320. The minimum Gasteiger partial charge on any atom is -0.461 e. The summed E-state index contributed by atoms with van der Waals surface area (Å²) in [6.45, 7) is -2.61. The Kier molecular flexibility index (Phi) is 14.8. The van der Waals surface area contributed by atoms with Crippen LogP contribution < -0.4 is 10.1 Å². The highest BCUT2D eigenvalue weighted by molar-refractivity contribution is 5.90. The Morgan fingerprint density at radius 1 is 0.765 bits per heavy atom. The van der Waals surface area contributed by atoms with Crippen LogP contribution in [0, 0.1) is 12.3 Å². The van der Waals surface area contributed by atoms with Gasteiger partial charge in [-0.05, 0) is 24.6 Å². The van der Waals surface area contributed by atoms with Crippen molar-refractivity contribution in [3.63, 3.8) is 0 Å². The molecule has 1 amide bonds. The molecule has 3 saturated heterocycles. The number of halogens is 2. The van der Waals surface area contributed by atoms with Crippen LogP contribution in [0.3, 0.4) is 0 Å². The van der Waals surface area contributed by atoms with Crippen LogP contribution in [0.25, 0.3) is 0 Å². The lowest BCUT2D eigenvalue weighted by Gasteiger charge is -2.48. The number of nitrogens with one attached hydrogen (secondary N) is 1. The van der Waals surface area contributed by atoms with Crippen molar-refractivity contribution < 1.29 is 93.1 Å². The normalized spacial score (nSPS) is 38.6. The maximum atomic E-state index is 14.0. The summed E-state index contributed by atoms with van der Waals surface area (Å²) in [5.74, 6) is 1.42. The van der Waals surface area contributed by atoms with Crippen molar-refractivity contribution in [2.45, 2.75) is 118 Å². The van der Waals surface area contributed by atoms with E-state index in [-0.39, 0.29) is 12.1 Å². The van der Waals surface area contributed by atoms with E-state index in [0.29, 0.717) is 12.8 Å². The number of carbonyl (C=O) groups excluding carboxylic acids is 1. The molecule has 1 aromatic carbocycles. The molecule has 3 aliphatic heterocycles. The smallest absolute Gasteiger partial charge is 0.267 e. The molecule has 0 bridgehead atoms. The molecule has 1 aromatic rings. The standard InChI is InChI=1S/C31H43F2NO17/c1-2-3-4-5-18(38)34-12-6-7-14(13(8-12)28(32)33)46-29-24(44)21(41)26(16(10-36)48-29)51-31-25(45)22(42)27(17(11-37)49-31)50-30-23(43)20(40)19(39)15(9-35)47-30/h1,6-8,15-17,19-31,35-37,39-45H,3-5,9-11H2,(H,34,38)/t15?,16?,17?,19-,20?,21?,22?,23?,24?,25?,26-,27-,29-,30-,31-/m1/s1. The number of rotatable bonds is 14. The van der Waals surface area contributed by atoms with E-state index in [1.807, 2.05) is 0 Å². The summed E-state index contributed by atoms with van der Waals surface area (Å²) in [4.78, 5) is 12.1. The first-order valence-corrected chi connectivity index (χ1v) is 15.9. The van der Waals surface area contributed by atoms with Crippen molar-refractivity contribution in [1.82, 2.24) is 0 Å². The van der Waals surface area contributed by atoms with Crippen molar-refractivity contribution in [3.8, 4) is 18.1 Å². The highest BCUT2D eigenvalue weighted by Gasteiger charge is 2.53. The van der Waals surface area contributed by atoms with Gasteiger partial charge in [0, 0.05) is 18.5 Å². The maximum Gasteiger partial charge on any atom is 0.267 e. The summed E-state index contributed by atoms with van der Waals surface area (Å²) in [6, 6.07) is 3.27. The van der Waals surface area contributed by atoms with Crippen molar-refractivity contribution in [2.75, 3.05) is 25.1 Å². The first-order chi connectivity index (χ1) is 24.3. The van der Waals surface area contributed by atoms with Crippen LogP contribution >= 0.6 is 0 Å². The molecule has 0 saturated carbocycles. The van der Waals surface area contributed by atoms with Gasteiger partial charge >= 0.3 is 0 Å². The van der Waals surface area contributed by atoms with Gasteiger partial charge in [-0.25, -0.2) is 8.78 Å². The number of carbonyl (C=O) groups is 1. The lowest BCUT2D eigenvalue weighted by Crippen LogP contribution is -2.66. The van der Waals surface area contributed by atoms with Gasteiger partial charge in [-0.1, -0.05) is 0 Å². The van der Waals surface area contributed by atoms with E-state index < -0.39 is 136 Å². The third kappa shape index (κ3) is 9.46. The Balaban J connectivity index is 1.43. The quantitative estimate of drug-likeness (QED) is 0.0644. The molecule has 20 heteroatoms. The number of ether oxygens (including phenoxy) is 6. The van der Waals surface area contributed by atoms with Gasteiger partial charge in [0.15, 0.2) is 12.6 Å². The number of benzene rings is 1. The Morgan fingerprint density at radius 3 is 1.80 bits per heavy atom. The van der Waals surface area contributed by atoms with Gasteiger partial charge in [0.1, 0.15) is 79.0 Å². The highest BCUT2D eigenvalue weighted by atomic mass is 19.3. The number of aliphatic hydroxyl groups excluding tert-OH is 10. The lowest BCUT2D eigenvalue weighted by atomic mass is 9.96. The summed E-state index contributed by atoms with van der Waals surface area (Å²) in [7, 11) is 0. The number of alkyl halides is 2. The minimum absolute atomic E-state index is 0.0189. The zero-order valence-corrected chi connectivity index (χ0v) is 26.9. The van der Waals surface area contributed by atoms with Gasteiger partial charge in [-0.3, -0.25) is 4.79 Å². The van der Waals surface area contributed by atoms with Crippen molar-refractivity contribution in [3.05, 3.63) is 23.8 Å². The molecule has 0 aliphatic carbocycles. The highest BCUT2D eigenvalue weighted by Crippen LogP contribution is 2.36. The zero-order chi connectivity index (χ0) is 37.6. The van der Waals surface area contributed by atoms with Crippen LogP contribution in [0.15, 0.2) is 18.2 Å². The van der Waals surface area contributed by atoms with E-state index in [9.17, 15) is 64.6 Å². The first kappa shape index (κ1) is 41.1. The number of anilines is 1. The van der Waals surface area contributed by atoms with Crippen LogP contribution in [0.4, 0.5) is 14.5 Å². The fraction of sp³-hybridized carbons (Fsp3) is 0.710. The van der Waals surface area contributed by atoms with Gasteiger partial charge in [0.05, 0.1) is 25.4 Å². The van der Waals surface area contributed by atoms with Crippen LogP contribution in [-0.4, -0.2) is 169 Å². The topological polar surface area (TPSA) is 287 Å². The van der Waals surface area contributed by atoms with E-state index >= 15 is 0 Å². The Labute approximate surface area is 289 Å². The summed E-state index contributed by atoms with van der Waals surface area (Å²) >= 11 is 0. The summed E-state index contributed by atoms with van der Waals surface area (Å²) in [6.07, 6.45) is -24.1. The fourth-order valence-corrected chi connectivity index (χ4v) is 5.74. The molecule has 3 fully saturated rings. The van der Waals surface area contributed by atoms with E-state index in [0.717, 1.165) is 12.1 Å². The summed E-state index contributed by atoms with van der Waals surface area (Å²) in [5.41, 5.74) is -0.686. The third-order valence-corrected chi connectivity index (χ3v) is 8.57. The third-order valence-electron chi connectivity index (χ3n) is 8.57. The van der Waals surface area contributed by atoms with Gasteiger partial charge in [-0.2, -0.15) is 0 Å². The molecule has 3 heterocycles. The largest absolute Gasteiger partial charge is 0.461 e. The second kappa shape index (κ2) is 18.4. The van der Waals surface area contributed by atoms with Crippen molar-refractivity contribution >= 4 is 11.6 Å². The van der Waals surface area contributed by atoms with Crippen molar-refractivity contribution in [2.24, 2.45) is 0 Å². The molecule has 0 radical (unpaired) electrons. The molecule has 9 unspecified atom stereocenters. The summed E-state index contributed by atoms with van der Waals surface area (Å²) in [5, 5.41) is 106. The Morgan fingerprint density at radius 2 is 1.27 bits per heavy atom. The van der Waals surface area contributed by atoms with Crippen molar-refractivity contribution in [1.29, 1.82) is 0 Å². The van der Waals surface area contributed by atoms with E-state index in [4.69, 9.17) is 34.8 Å². The second-order valence-corrected chi connectivity index (χ2v) is 12.1. The monoisotopic (exact) mass is 739 g/mol. The molecular weight excluding hydrogens is 696 g/mol. The SMILES string of the molecule is C#CCCCC(=O)Nc1ccc(O[C@@H]2OC(CO)[C@@H](O[C@H]3OC(CO)[C@@H](O[C@H]4OC(CO)[C@@H](O)C(O)C4O)C(O)C3O)C(O)C2O)c(C(F)F)c1. The summed E-state index contributed by atoms with van der Waals surface area (Å²) < 4.78 is 60.9. The predicted molar refractivity (Wildman–Crippen MR) is 162 cm³/mol. The molecule has 4 rings (SSSR count). The second-order valence-electron chi connectivity index (χ2n) is 12.1. The van der Waals surface area contributed by atoms with Gasteiger partial charge in [-0.15, -0.1) is 12.3 Å². The molecule has 288 valence electrons. The molecular formula is C31H43F2NO17. The predicted octanol–water partition coefficient (Wildman–Crippen LogP) is -3.81. The molecule has 0 aromatic heterocycles. The number of hydrogen-bond acceptors (Lipinski definition) is 17. The minimum atomic E-state index is -3.13. The molecule has 11 N–H and O–H groups in total. The Hall–Kier alpha value is -2.69. The van der Waals surface area contributed by atoms with Crippen LogP contribution in [0.5, 0.6) is 5.75 Å². The van der Waals surface area contributed by atoms with Gasteiger partial charge in [0.25, 0.3) is 6.43 Å². The average Bonchev–Trinajstić information content (AvgIpc) is 3.11. The van der Waals surface area contributed by atoms with Gasteiger partial charge in [0.2, 0.25) is 12.2 Å².